The molecule has 4 aromatic rings. The average molecular weight is 445 g/mol. The number of benzene rings is 2. The number of esters is 1. The number of nitrogens with zero attached hydrogens (tertiary/aromatic N) is 5. The van der Waals surface area contributed by atoms with E-state index in [1.165, 1.54) is 4.57 Å². The molecule has 3 heterocycles. The molecule has 0 spiro atoms. The predicted octanol–water partition coefficient (Wildman–Crippen LogP) is 2.29. The van der Waals surface area contributed by atoms with Crippen molar-refractivity contribution in [1.29, 1.82) is 0 Å². The van der Waals surface area contributed by atoms with Crippen LogP contribution in [0.1, 0.15) is 23.4 Å². The summed E-state index contributed by atoms with van der Waals surface area (Å²) >= 11 is 0. The fraction of sp³-hybridized carbons (Fsp3) is 0.292. The molecule has 1 aliphatic rings. The molecule has 1 unspecified atom stereocenters. The number of amides is 1. The topological polar surface area (TPSA) is 98.8 Å². The van der Waals surface area contributed by atoms with Crippen LogP contribution in [-0.2, 0) is 28.0 Å². The van der Waals surface area contributed by atoms with Gasteiger partial charge in [-0.25, -0.2) is 0 Å². The number of hydrogen-bond donors (Lipinski definition) is 0. The SMILES string of the molecule is Cc1ccc(N2CC(C(=O)OCc3nnc4n(C)c(=O)c5cc(C)ccc5n34)CC2=O)cc1. The lowest BCUT2D eigenvalue weighted by Crippen LogP contribution is -2.26. The highest BCUT2D eigenvalue weighted by molar-refractivity contribution is 5.99. The van der Waals surface area contributed by atoms with Crippen molar-refractivity contribution >= 4 is 34.2 Å². The molecule has 1 amide bonds. The van der Waals surface area contributed by atoms with E-state index in [4.69, 9.17) is 4.74 Å². The van der Waals surface area contributed by atoms with Gasteiger partial charge in [0.25, 0.3) is 5.56 Å². The highest BCUT2D eigenvalue weighted by Gasteiger charge is 2.36. The minimum Gasteiger partial charge on any atom is -0.457 e. The van der Waals surface area contributed by atoms with Gasteiger partial charge in [0.2, 0.25) is 11.7 Å². The molecule has 0 saturated carbocycles. The van der Waals surface area contributed by atoms with E-state index in [0.29, 0.717) is 22.5 Å². The summed E-state index contributed by atoms with van der Waals surface area (Å²) in [4.78, 5) is 39.6. The lowest BCUT2D eigenvalue weighted by molar-refractivity contribution is -0.149. The molecule has 168 valence electrons. The second-order valence-corrected chi connectivity index (χ2v) is 8.49. The van der Waals surface area contributed by atoms with Crippen LogP contribution in [0, 0.1) is 19.8 Å². The van der Waals surface area contributed by atoms with Crippen molar-refractivity contribution in [2.24, 2.45) is 13.0 Å². The highest BCUT2D eigenvalue weighted by atomic mass is 16.5. The molecule has 2 aromatic carbocycles. The van der Waals surface area contributed by atoms with Gasteiger partial charge >= 0.3 is 5.97 Å². The van der Waals surface area contributed by atoms with E-state index in [1.807, 2.05) is 56.3 Å². The monoisotopic (exact) mass is 445 g/mol. The van der Waals surface area contributed by atoms with Crippen molar-refractivity contribution in [2.75, 3.05) is 11.4 Å². The predicted molar refractivity (Wildman–Crippen MR) is 122 cm³/mol. The van der Waals surface area contributed by atoms with Crippen LogP contribution in [0.15, 0.2) is 47.3 Å². The number of carbonyl (C=O) groups excluding carboxylic acids is 2. The first-order chi connectivity index (χ1) is 15.8. The molecule has 1 saturated heterocycles. The molecular formula is C24H23N5O4. The Morgan fingerprint density at radius 2 is 1.79 bits per heavy atom. The number of anilines is 1. The van der Waals surface area contributed by atoms with Crippen molar-refractivity contribution in [2.45, 2.75) is 26.9 Å². The minimum atomic E-state index is -0.554. The van der Waals surface area contributed by atoms with E-state index in [-0.39, 0.29) is 31.0 Å². The Morgan fingerprint density at radius 3 is 2.55 bits per heavy atom. The zero-order valence-corrected chi connectivity index (χ0v) is 18.6. The summed E-state index contributed by atoms with van der Waals surface area (Å²) in [6.07, 6.45) is 0.101. The fourth-order valence-corrected chi connectivity index (χ4v) is 4.25. The van der Waals surface area contributed by atoms with Gasteiger partial charge in [-0.3, -0.25) is 23.4 Å². The standard InChI is InChI=1S/C24H23N5O4/c1-14-4-7-17(8-5-14)28-12-16(11-21(28)30)23(32)33-13-20-25-26-24-27(3)22(31)18-10-15(2)6-9-19(18)29(20)24/h4-10,16H,11-13H2,1-3H3. The van der Waals surface area contributed by atoms with Crippen molar-refractivity contribution in [3.05, 3.63) is 69.8 Å². The van der Waals surface area contributed by atoms with E-state index < -0.39 is 11.9 Å². The zero-order valence-electron chi connectivity index (χ0n) is 18.6. The molecule has 2 aromatic heterocycles. The summed E-state index contributed by atoms with van der Waals surface area (Å²) in [7, 11) is 1.63. The maximum absolute atomic E-state index is 12.8. The van der Waals surface area contributed by atoms with Crippen molar-refractivity contribution in [3.63, 3.8) is 0 Å². The number of ether oxygens (including phenoxy) is 1. The highest BCUT2D eigenvalue weighted by Crippen LogP contribution is 2.26. The van der Waals surface area contributed by atoms with Crippen LogP contribution in [0.4, 0.5) is 5.69 Å². The van der Waals surface area contributed by atoms with Gasteiger partial charge in [-0.15, -0.1) is 10.2 Å². The van der Waals surface area contributed by atoms with E-state index >= 15 is 0 Å². The molecule has 0 radical (unpaired) electrons. The first kappa shape index (κ1) is 20.9. The molecular weight excluding hydrogens is 422 g/mol. The first-order valence-corrected chi connectivity index (χ1v) is 10.7. The zero-order chi connectivity index (χ0) is 23.3. The minimum absolute atomic E-state index is 0.101. The van der Waals surface area contributed by atoms with E-state index in [2.05, 4.69) is 10.2 Å². The maximum atomic E-state index is 12.8. The number of rotatable bonds is 4. The van der Waals surface area contributed by atoms with Crippen LogP contribution in [-0.4, -0.2) is 37.6 Å². The lowest BCUT2D eigenvalue weighted by Gasteiger charge is -2.16. The van der Waals surface area contributed by atoms with Crippen LogP contribution in [0.3, 0.4) is 0 Å². The van der Waals surface area contributed by atoms with Crippen molar-refractivity contribution in [1.82, 2.24) is 19.2 Å². The Bertz CT molecular complexity index is 1470. The Hall–Kier alpha value is -4.01. The molecule has 9 nitrogen and oxygen atoms in total. The van der Waals surface area contributed by atoms with Crippen LogP contribution >= 0.6 is 0 Å². The maximum Gasteiger partial charge on any atom is 0.311 e. The largest absolute Gasteiger partial charge is 0.457 e. The molecule has 5 rings (SSSR count). The van der Waals surface area contributed by atoms with Gasteiger partial charge in [-0.1, -0.05) is 29.3 Å². The van der Waals surface area contributed by atoms with E-state index in [1.54, 1.807) is 16.3 Å². The molecule has 0 aliphatic carbocycles. The van der Waals surface area contributed by atoms with Crippen molar-refractivity contribution < 1.29 is 14.3 Å². The van der Waals surface area contributed by atoms with Gasteiger partial charge < -0.3 is 9.64 Å². The molecule has 9 heteroatoms. The van der Waals surface area contributed by atoms with Gasteiger partial charge in [-0.05, 0) is 38.1 Å². The van der Waals surface area contributed by atoms with Gasteiger partial charge in [0.05, 0.1) is 16.8 Å². The summed E-state index contributed by atoms with van der Waals surface area (Å²) in [5.74, 6) is -0.349. The fourth-order valence-electron chi connectivity index (χ4n) is 4.25. The Labute approximate surface area is 189 Å². The van der Waals surface area contributed by atoms with Gasteiger partial charge in [0.15, 0.2) is 12.4 Å². The van der Waals surface area contributed by atoms with Gasteiger partial charge in [0, 0.05) is 25.7 Å². The van der Waals surface area contributed by atoms with Crippen molar-refractivity contribution in [3.8, 4) is 0 Å². The van der Waals surface area contributed by atoms with Gasteiger partial charge in [0.1, 0.15) is 0 Å². The number of hydrogen-bond acceptors (Lipinski definition) is 6. The Kier molecular flexibility index (Phi) is 4.96. The normalized spacial score (nSPS) is 16.2. The smallest absolute Gasteiger partial charge is 0.311 e. The lowest BCUT2D eigenvalue weighted by atomic mass is 10.1. The molecule has 0 bridgehead atoms. The van der Waals surface area contributed by atoms with E-state index in [9.17, 15) is 14.4 Å². The summed E-state index contributed by atoms with van der Waals surface area (Å²) in [6.45, 7) is 4.06. The van der Waals surface area contributed by atoms with Crippen LogP contribution in [0.2, 0.25) is 0 Å². The Balaban J connectivity index is 1.38. The summed E-state index contributed by atoms with van der Waals surface area (Å²) in [6, 6.07) is 13.2. The summed E-state index contributed by atoms with van der Waals surface area (Å²) in [5.41, 5.74) is 3.31. The van der Waals surface area contributed by atoms with Crippen LogP contribution in [0.5, 0.6) is 0 Å². The van der Waals surface area contributed by atoms with Crippen LogP contribution in [0.25, 0.3) is 16.7 Å². The molecule has 1 aliphatic heterocycles. The molecule has 1 atom stereocenters. The average Bonchev–Trinajstić information content (AvgIpc) is 3.40. The second-order valence-electron chi connectivity index (χ2n) is 8.49. The third-order valence-electron chi connectivity index (χ3n) is 6.09. The third kappa shape index (κ3) is 3.55. The first-order valence-electron chi connectivity index (χ1n) is 10.7. The number of aryl methyl sites for hydroxylation is 3. The Morgan fingerprint density at radius 1 is 1.06 bits per heavy atom. The van der Waals surface area contributed by atoms with Crippen LogP contribution < -0.4 is 10.5 Å². The van der Waals surface area contributed by atoms with Gasteiger partial charge in [-0.2, -0.15) is 0 Å². The molecule has 1 fully saturated rings. The van der Waals surface area contributed by atoms with E-state index in [0.717, 1.165) is 16.8 Å². The number of aromatic nitrogens is 4. The quantitative estimate of drug-likeness (QED) is 0.447. The molecule has 0 N–H and O–H groups in total. The number of carbonyl (C=O) groups is 2. The molecule has 33 heavy (non-hydrogen) atoms. The number of fused-ring (bicyclic) bond motifs is 3. The summed E-state index contributed by atoms with van der Waals surface area (Å²) < 4.78 is 8.69. The summed E-state index contributed by atoms with van der Waals surface area (Å²) in [5, 5.41) is 8.81. The third-order valence-corrected chi connectivity index (χ3v) is 6.09. The second kappa shape index (κ2) is 7.84.